The standard InChI is InChI=1S/C17H27N3O.C16H24FN3O2.C16H25N3O.C15H21F2N3O.C15H24N4O2.C14H22N4O/c1-12(2)20-10-8-17(5,9-11-20)19-16(21)15-13(3)6-7-14(4)18-15;1-11(2)20-7-5-16(3,6-8-20)19-14(21)13-9-12(17)10-18-15(13)22-4;1-12(2)19-9-6-16(4,7-10-19)18-15(20)14-5-8-17-13(3)11-14;1-10(2)20-6-4-15(3,5-7-20)19-14(21)13-12(17)8-11(16)9-18-13;1-11(2)19-9-6-15(3,7-10-19)18-14(20)13-16-8-5-12(17-13)21-4;1-11(2)18-9-5-14(3,6-10-18)17-13(19)12-15-7-4-8-16-12/h6-7,12H,8-11H2,1-5H3,(H,19,21);9-11H,5-8H2,1-4H3,(H,19,21);5,8,11-12H,6-7,9-10H2,1-4H3,(H,18,20);8-10H,4-7H2,1-3H3,(H,19,21);5,8,11H,6-7,9-10H2,1-4H3,(H,18,20);4,7-8,11H,5-6,9-10H2,1-3H3,(H,17,19). The molecule has 6 aromatic rings. The molecule has 12 heterocycles. The van der Waals surface area contributed by atoms with Gasteiger partial charge in [-0.15, -0.1) is 0 Å². The highest BCUT2D eigenvalue weighted by atomic mass is 19.1. The van der Waals surface area contributed by atoms with Gasteiger partial charge in [-0.1, -0.05) is 6.07 Å². The summed E-state index contributed by atoms with van der Waals surface area (Å²) >= 11 is 0. The van der Waals surface area contributed by atoms with Crippen molar-refractivity contribution in [3.63, 3.8) is 0 Å². The van der Waals surface area contributed by atoms with Gasteiger partial charge < -0.3 is 70.8 Å². The fraction of sp³-hybridized carbons (Fsp3) is 0.634. The molecule has 6 aromatic heterocycles. The van der Waals surface area contributed by atoms with Crippen LogP contribution in [0.25, 0.3) is 0 Å². The number of pyridine rings is 4. The monoisotopic (exact) mass is 1730 g/mol. The highest BCUT2D eigenvalue weighted by molar-refractivity contribution is 5.97. The third kappa shape index (κ3) is 31.4. The van der Waals surface area contributed by atoms with E-state index in [1.165, 1.54) is 20.4 Å². The van der Waals surface area contributed by atoms with Gasteiger partial charge in [-0.25, -0.2) is 43.1 Å². The lowest BCUT2D eigenvalue weighted by molar-refractivity contribution is 0.0782. The van der Waals surface area contributed by atoms with Crippen molar-refractivity contribution in [3.8, 4) is 11.8 Å². The van der Waals surface area contributed by atoms with E-state index in [-0.39, 0.29) is 91.6 Å². The molecule has 12 rings (SSSR count). The number of aryl methyl sites for hydroxylation is 3. The Bertz CT molecular complexity index is 4410. The minimum Gasteiger partial charge on any atom is -0.481 e. The Morgan fingerprint density at radius 2 is 0.694 bits per heavy atom. The van der Waals surface area contributed by atoms with Crippen LogP contribution in [0, 0.1) is 38.2 Å². The van der Waals surface area contributed by atoms with Gasteiger partial charge in [-0.05, 0) is 258 Å². The maximum atomic E-state index is 13.6. The van der Waals surface area contributed by atoms with Crippen molar-refractivity contribution in [1.82, 2.24) is 101 Å². The molecule has 0 bridgehead atoms. The molecule has 6 saturated heterocycles. The third-order valence-corrected chi connectivity index (χ3v) is 25.0. The number of methoxy groups -OCH3 is 2. The average molecular weight is 1730 g/mol. The van der Waals surface area contributed by atoms with Gasteiger partial charge in [-0.2, -0.15) is 4.98 Å². The van der Waals surface area contributed by atoms with Crippen molar-refractivity contribution in [3.05, 3.63) is 154 Å². The lowest BCUT2D eigenvalue weighted by Crippen LogP contribution is -2.54. The molecule has 6 amide bonds. The van der Waals surface area contributed by atoms with Crippen LogP contribution >= 0.6 is 0 Å². The molecule has 28 nitrogen and oxygen atoms in total. The summed E-state index contributed by atoms with van der Waals surface area (Å²) in [6.45, 7) is 56.4. The third-order valence-electron chi connectivity index (χ3n) is 25.0. The summed E-state index contributed by atoms with van der Waals surface area (Å²) in [6, 6.07) is 15.9. The summed E-state index contributed by atoms with van der Waals surface area (Å²) in [6.07, 6.45) is 19.4. The zero-order valence-corrected chi connectivity index (χ0v) is 78.2. The SMILES string of the molecule is CC(C)N1CCC(C)(NC(=O)c2ncc(F)cc2F)CC1.CC(C)N1CCC(C)(NC(=O)c2ncccn2)CC1.COc1ccnc(C(=O)NC2(C)CCN(C(C)C)CC2)n1.COc1ncc(F)cc1C(=O)NC1(C)CCN(C(C)C)CC1.Cc1cc(C(=O)NC2(C)CCN(C(C)C)CC2)ccn1.Cc1ccc(C)c(C(=O)NC2(C)CCN(C(C)C)CC2)n1. The number of nitrogens with zero attached hydrogens (tertiary/aromatic N) is 14. The Kier molecular flexibility index (Phi) is 38.0. The zero-order valence-electron chi connectivity index (χ0n) is 78.2. The molecule has 0 spiro atoms. The van der Waals surface area contributed by atoms with Crippen LogP contribution in [0.15, 0.2) is 85.7 Å². The maximum absolute atomic E-state index is 13.6. The zero-order chi connectivity index (χ0) is 91.7. The number of halogens is 3. The van der Waals surface area contributed by atoms with Gasteiger partial charge in [0.1, 0.15) is 22.9 Å². The fourth-order valence-electron chi connectivity index (χ4n) is 15.8. The molecular weight excluding hydrogens is 1580 g/mol. The predicted molar refractivity (Wildman–Crippen MR) is 479 cm³/mol. The molecule has 6 N–H and O–H groups in total. The molecule has 684 valence electrons. The van der Waals surface area contributed by atoms with Crippen LogP contribution in [0.5, 0.6) is 11.8 Å². The number of piperidine rings is 6. The topological polar surface area (TPSA) is 316 Å². The summed E-state index contributed by atoms with van der Waals surface area (Å²) in [5, 5.41) is 18.4. The Labute approximate surface area is 735 Å². The number of carbonyl (C=O) groups excluding carboxylic acids is 6. The van der Waals surface area contributed by atoms with Gasteiger partial charge in [0.2, 0.25) is 23.4 Å². The van der Waals surface area contributed by atoms with Crippen LogP contribution < -0.4 is 41.4 Å². The summed E-state index contributed by atoms with van der Waals surface area (Å²) in [4.78, 5) is 120. The highest BCUT2D eigenvalue weighted by Crippen LogP contribution is 2.31. The lowest BCUT2D eigenvalue weighted by atomic mass is 9.88. The highest BCUT2D eigenvalue weighted by Gasteiger charge is 2.40. The van der Waals surface area contributed by atoms with Crippen LogP contribution in [-0.4, -0.2) is 267 Å². The number of carbonyl (C=O) groups is 6. The predicted octanol–water partition coefficient (Wildman–Crippen LogP) is 12.6. The van der Waals surface area contributed by atoms with Gasteiger partial charge in [0.05, 0.1) is 26.6 Å². The van der Waals surface area contributed by atoms with Crippen LogP contribution in [0.2, 0.25) is 0 Å². The molecule has 0 aliphatic carbocycles. The Morgan fingerprint density at radius 3 is 1.06 bits per heavy atom. The largest absolute Gasteiger partial charge is 0.481 e. The van der Waals surface area contributed by atoms with E-state index < -0.39 is 23.4 Å². The Balaban J connectivity index is 0.000000205. The van der Waals surface area contributed by atoms with Crippen molar-refractivity contribution >= 4 is 35.4 Å². The molecule has 31 heteroatoms. The van der Waals surface area contributed by atoms with E-state index in [9.17, 15) is 41.9 Å². The molecule has 124 heavy (non-hydrogen) atoms. The van der Waals surface area contributed by atoms with E-state index in [0.29, 0.717) is 59.5 Å². The number of ether oxygens (including phenoxy) is 2. The molecule has 6 fully saturated rings. The fourth-order valence-corrected chi connectivity index (χ4v) is 15.8. The van der Waals surface area contributed by atoms with Crippen LogP contribution in [0.3, 0.4) is 0 Å². The van der Waals surface area contributed by atoms with E-state index >= 15 is 0 Å². The smallest absolute Gasteiger partial charge is 0.289 e. The minimum atomic E-state index is -0.935. The first-order chi connectivity index (χ1) is 58.3. The average Bonchev–Trinajstić information content (AvgIpc) is 0.815. The van der Waals surface area contributed by atoms with Crippen LogP contribution in [0.4, 0.5) is 13.2 Å². The first-order valence-electron chi connectivity index (χ1n) is 44.2. The maximum Gasteiger partial charge on any atom is 0.289 e. The first kappa shape index (κ1) is 102. The van der Waals surface area contributed by atoms with Crippen molar-refractivity contribution < 1.29 is 51.4 Å². The molecule has 0 aromatic carbocycles. The van der Waals surface area contributed by atoms with Gasteiger partial charge in [0, 0.05) is 202 Å². The summed E-state index contributed by atoms with van der Waals surface area (Å²) in [5.74, 6) is -2.73. The quantitative estimate of drug-likeness (QED) is 0.0414. The second-order valence-corrected chi connectivity index (χ2v) is 37.4. The summed E-state index contributed by atoms with van der Waals surface area (Å²) in [5.41, 5.74) is 2.47. The van der Waals surface area contributed by atoms with Gasteiger partial charge in [0.15, 0.2) is 11.5 Å². The second-order valence-electron chi connectivity index (χ2n) is 37.4. The normalized spacial score (nSPS) is 18.8. The number of nitrogens with one attached hydrogen (secondary N) is 6. The van der Waals surface area contributed by atoms with Crippen molar-refractivity contribution in [2.45, 2.75) is 292 Å². The molecular formula is C93H143F3N20O8. The van der Waals surface area contributed by atoms with E-state index in [1.807, 2.05) is 52.8 Å². The van der Waals surface area contributed by atoms with Gasteiger partial charge in [-0.3, -0.25) is 33.8 Å². The minimum absolute atomic E-state index is 0.0102. The second kappa shape index (κ2) is 46.3. The van der Waals surface area contributed by atoms with Gasteiger partial charge in [0.25, 0.3) is 35.4 Å². The van der Waals surface area contributed by atoms with Crippen LogP contribution in [0.1, 0.15) is 282 Å². The lowest BCUT2D eigenvalue weighted by Gasteiger charge is -2.41. The molecule has 0 atom stereocenters. The van der Waals surface area contributed by atoms with E-state index in [0.717, 1.165) is 191 Å². The summed E-state index contributed by atoms with van der Waals surface area (Å²) < 4.78 is 49.8. The molecule has 0 radical (unpaired) electrons. The first-order valence-corrected chi connectivity index (χ1v) is 44.2. The molecule has 0 saturated carbocycles. The van der Waals surface area contributed by atoms with E-state index in [4.69, 9.17) is 9.47 Å². The number of rotatable bonds is 20. The number of likely N-dealkylation sites (tertiary alicyclic amines) is 6. The number of hydrogen-bond acceptors (Lipinski definition) is 22. The molecule has 0 unspecified atom stereocenters. The van der Waals surface area contributed by atoms with Crippen LogP contribution in [-0.2, 0) is 0 Å². The Morgan fingerprint density at radius 1 is 0.355 bits per heavy atom. The number of hydrogen-bond donors (Lipinski definition) is 6. The number of aromatic nitrogens is 8. The van der Waals surface area contributed by atoms with Gasteiger partial charge >= 0.3 is 0 Å². The van der Waals surface area contributed by atoms with E-state index in [2.05, 4.69) is 212 Å². The molecule has 6 aliphatic heterocycles. The molecule has 6 aliphatic rings. The van der Waals surface area contributed by atoms with Crippen molar-refractivity contribution in [1.29, 1.82) is 0 Å². The summed E-state index contributed by atoms with van der Waals surface area (Å²) in [7, 11) is 2.94. The Hall–Kier alpha value is -9.27. The van der Waals surface area contributed by atoms with Crippen molar-refractivity contribution in [2.75, 3.05) is 92.8 Å². The van der Waals surface area contributed by atoms with E-state index in [1.54, 1.807) is 36.8 Å². The van der Waals surface area contributed by atoms with Crippen molar-refractivity contribution in [2.24, 2.45) is 0 Å². The number of amides is 6.